The molecule has 1 aliphatic rings. The number of aliphatic hydroxyl groups excluding tert-OH is 1. The standard InChI is InChI=1S/C18H36N2O3/c1-15(19-11-7-5-9-13-21)14-16-10-6-8-12-20(16)17(22)23-18(2,3)4/h15-16,19,21H,5-14H2,1-4H3. The Morgan fingerprint density at radius 2 is 2.04 bits per heavy atom. The number of nitrogens with one attached hydrogen (secondary N) is 1. The number of carbonyl (C=O) groups excluding carboxylic acids is 1. The lowest BCUT2D eigenvalue weighted by Gasteiger charge is -2.38. The number of piperidine rings is 1. The summed E-state index contributed by atoms with van der Waals surface area (Å²) in [4.78, 5) is 14.3. The smallest absolute Gasteiger partial charge is 0.410 e. The number of nitrogens with zero attached hydrogens (tertiary/aromatic N) is 1. The van der Waals surface area contributed by atoms with Crippen LogP contribution in [0.1, 0.15) is 72.6 Å². The molecule has 1 saturated heterocycles. The fourth-order valence-corrected chi connectivity index (χ4v) is 3.06. The van der Waals surface area contributed by atoms with Gasteiger partial charge in [-0.25, -0.2) is 4.79 Å². The van der Waals surface area contributed by atoms with E-state index >= 15 is 0 Å². The third-order valence-electron chi connectivity index (χ3n) is 4.21. The number of rotatable bonds is 8. The van der Waals surface area contributed by atoms with Crippen molar-refractivity contribution in [1.29, 1.82) is 0 Å². The van der Waals surface area contributed by atoms with Gasteiger partial charge in [0.1, 0.15) is 5.60 Å². The lowest BCUT2D eigenvalue weighted by molar-refractivity contribution is 0.00791. The summed E-state index contributed by atoms with van der Waals surface area (Å²) < 4.78 is 5.56. The van der Waals surface area contributed by atoms with Crippen LogP contribution in [-0.4, -0.2) is 53.5 Å². The van der Waals surface area contributed by atoms with Gasteiger partial charge in [-0.1, -0.05) is 0 Å². The summed E-state index contributed by atoms with van der Waals surface area (Å²) in [5.41, 5.74) is -0.435. The molecule has 5 heteroatoms. The highest BCUT2D eigenvalue weighted by atomic mass is 16.6. The Labute approximate surface area is 141 Å². The van der Waals surface area contributed by atoms with E-state index in [0.717, 1.165) is 51.6 Å². The molecule has 0 aliphatic carbocycles. The first-order valence-electron chi connectivity index (χ1n) is 9.17. The monoisotopic (exact) mass is 328 g/mol. The molecule has 1 amide bonds. The van der Waals surface area contributed by atoms with Crippen LogP contribution in [0.5, 0.6) is 0 Å². The summed E-state index contributed by atoms with van der Waals surface area (Å²) in [7, 11) is 0. The molecule has 0 radical (unpaired) electrons. The van der Waals surface area contributed by atoms with E-state index < -0.39 is 5.60 Å². The summed E-state index contributed by atoms with van der Waals surface area (Å²) in [6.07, 6.45) is 7.15. The van der Waals surface area contributed by atoms with Gasteiger partial charge < -0.3 is 20.1 Å². The summed E-state index contributed by atoms with van der Waals surface area (Å²) in [5.74, 6) is 0. The average Bonchev–Trinajstić information content (AvgIpc) is 2.45. The van der Waals surface area contributed by atoms with Gasteiger partial charge in [-0.3, -0.25) is 0 Å². The SMILES string of the molecule is CC(CC1CCCCN1C(=O)OC(C)(C)C)NCCCCCO. The van der Waals surface area contributed by atoms with E-state index in [0.29, 0.717) is 6.04 Å². The van der Waals surface area contributed by atoms with Gasteiger partial charge in [0, 0.05) is 25.2 Å². The Kier molecular flexibility index (Phi) is 8.92. The van der Waals surface area contributed by atoms with Crippen LogP contribution in [0, 0.1) is 0 Å². The Morgan fingerprint density at radius 1 is 1.30 bits per heavy atom. The summed E-state index contributed by atoms with van der Waals surface area (Å²) in [6, 6.07) is 0.663. The highest BCUT2D eigenvalue weighted by molar-refractivity contribution is 5.68. The zero-order valence-electron chi connectivity index (χ0n) is 15.4. The molecule has 0 aromatic carbocycles. The number of hydrogen-bond donors (Lipinski definition) is 2. The summed E-state index contributed by atoms with van der Waals surface area (Å²) in [6.45, 7) is 10.0. The highest BCUT2D eigenvalue weighted by Gasteiger charge is 2.31. The molecule has 1 fully saturated rings. The molecule has 2 atom stereocenters. The maximum Gasteiger partial charge on any atom is 0.410 e. The molecule has 0 saturated carbocycles. The second kappa shape index (κ2) is 10.1. The first kappa shape index (κ1) is 20.2. The van der Waals surface area contributed by atoms with Crippen LogP contribution in [0.3, 0.4) is 0 Å². The van der Waals surface area contributed by atoms with Gasteiger partial charge in [0.2, 0.25) is 0 Å². The van der Waals surface area contributed by atoms with E-state index in [9.17, 15) is 4.79 Å². The van der Waals surface area contributed by atoms with Crippen LogP contribution in [0.4, 0.5) is 4.79 Å². The quantitative estimate of drug-likeness (QED) is 0.671. The lowest BCUT2D eigenvalue weighted by atomic mass is 9.96. The molecule has 23 heavy (non-hydrogen) atoms. The molecule has 1 aliphatic heterocycles. The highest BCUT2D eigenvalue weighted by Crippen LogP contribution is 2.23. The first-order valence-corrected chi connectivity index (χ1v) is 9.17. The van der Waals surface area contributed by atoms with Crippen molar-refractivity contribution < 1.29 is 14.6 Å². The van der Waals surface area contributed by atoms with Crippen LogP contribution < -0.4 is 5.32 Å². The van der Waals surface area contributed by atoms with E-state index in [1.807, 2.05) is 25.7 Å². The Balaban J connectivity index is 2.40. The fourth-order valence-electron chi connectivity index (χ4n) is 3.06. The van der Waals surface area contributed by atoms with Crippen molar-refractivity contribution in [3.63, 3.8) is 0 Å². The van der Waals surface area contributed by atoms with Gasteiger partial charge in [0.05, 0.1) is 0 Å². The average molecular weight is 328 g/mol. The van der Waals surface area contributed by atoms with Crippen molar-refractivity contribution in [3.8, 4) is 0 Å². The zero-order chi connectivity index (χ0) is 17.3. The van der Waals surface area contributed by atoms with Gasteiger partial charge in [-0.2, -0.15) is 0 Å². The molecule has 1 rings (SSSR count). The first-order chi connectivity index (χ1) is 10.8. The van der Waals surface area contributed by atoms with Crippen LogP contribution in [0.15, 0.2) is 0 Å². The minimum Gasteiger partial charge on any atom is -0.444 e. The molecule has 136 valence electrons. The second-order valence-electron chi connectivity index (χ2n) is 7.70. The molecule has 0 aromatic rings. The van der Waals surface area contributed by atoms with Crippen molar-refractivity contribution in [2.75, 3.05) is 19.7 Å². The lowest BCUT2D eigenvalue weighted by Crippen LogP contribution is -2.48. The maximum atomic E-state index is 12.4. The number of unbranched alkanes of at least 4 members (excludes halogenated alkanes) is 2. The largest absolute Gasteiger partial charge is 0.444 e. The Hall–Kier alpha value is -0.810. The topological polar surface area (TPSA) is 61.8 Å². The minimum atomic E-state index is -0.435. The van der Waals surface area contributed by atoms with Gasteiger partial charge in [-0.05, 0) is 79.2 Å². The number of carbonyl (C=O) groups is 1. The third kappa shape index (κ3) is 8.56. The van der Waals surface area contributed by atoms with Crippen LogP contribution in [-0.2, 0) is 4.74 Å². The number of likely N-dealkylation sites (tertiary alicyclic amines) is 1. The maximum absolute atomic E-state index is 12.4. The molecule has 0 bridgehead atoms. The normalized spacial score (nSPS) is 20.4. The molecule has 5 nitrogen and oxygen atoms in total. The van der Waals surface area contributed by atoms with Crippen molar-refractivity contribution in [3.05, 3.63) is 0 Å². The van der Waals surface area contributed by atoms with E-state index in [2.05, 4.69) is 12.2 Å². The number of amides is 1. The van der Waals surface area contributed by atoms with E-state index in [4.69, 9.17) is 9.84 Å². The predicted octanol–water partition coefficient (Wildman–Crippen LogP) is 3.31. The van der Waals surface area contributed by atoms with E-state index in [1.54, 1.807) is 0 Å². The second-order valence-corrected chi connectivity index (χ2v) is 7.70. The van der Waals surface area contributed by atoms with Crippen molar-refractivity contribution in [2.45, 2.75) is 90.3 Å². The molecular weight excluding hydrogens is 292 g/mol. The van der Waals surface area contributed by atoms with Crippen LogP contribution in [0.25, 0.3) is 0 Å². The van der Waals surface area contributed by atoms with Gasteiger partial charge in [-0.15, -0.1) is 0 Å². The fraction of sp³-hybridized carbons (Fsp3) is 0.944. The van der Waals surface area contributed by atoms with Gasteiger partial charge >= 0.3 is 6.09 Å². The van der Waals surface area contributed by atoms with Gasteiger partial charge in [0.25, 0.3) is 0 Å². The molecule has 2 N–H and O–H groups in total. The van der Waals surface area contributed by atoms with Crippen LogP contribution in [0.2, 0.25) is 0 Å². The summed E-state index contributed by atoms with van der Waals surface area (Å²) >= 11 is 0. The molecule has 0 spiro atoms. The minimum absolute atomic E-state index is 0.169. The van der Waals surface area contributed by atoms with Crippen molar-refractivity contribution >= 4 is 6.09 Å². The molecular formula is C18H36N2O3. The predicted molar refractivity (Wildman–Crippen MR) is 93.6 cm³/mol. The molecule has 2 unspecified atom stereocenters. The van der Waals surface area contributed by atoms with Crippen molar-refractivity contribution in [1.82, 2.24) is 10.2 Å². The summed E-state index contributed by atoms with van der Waals surface area (Å²) in [5, 5.41) is 12.3. The third-order valence-corrected chi connectivity index (χ3v) is 4.21. The van der Waals surface area contributed by atoms with E-state index in [1.165, 1.54) is 6.42 Å². The van der Waals surface area contributed by atoms with E-state index in [-0.39, 0.29) is 18.7 Å². The number of ether oxygens (including phenoxy) is 1. The molecule has 1 heterocycles. The van der Waals surface area contributed by atoms with Gasteiger partial charge in [0.15, 0.2) is 0 Å². The zero-order valence-corrected chi connectivity index (χ0v) is 15.4. The Bertz CT molecular complexity index is 342. The number of hydrogen-bond acceptors (Lipinski definition) is 4. The van der Waals surface area contributed by atoms with Crippen molar-refractivity contribution in [2.24, 2.45) is 0 Å². The van der Waals surface area contributed by atoms with Crippen LogP contribution >= 0.6 is 0 Å². The number of aliphatic hydroxyl groups is 1. The molecule has 0 aromatic heterocycles. The Morgan fingerprint density at radius 3 is 2.70 bits per heavy atom.